The number of aromatic nitrogens is 1. The van der Waals surface area contributed by atoms with E-state index in [0.29, 0.717) is 0 Å². The summed E-state index contributed by atoms with van der Waals surface area (Å²) in [6, 6.07) is 5.17. The third kappa shape index (κ3) is 4.28. The van der Waals surface area contributed by atoms with E-state index in [2.05, 4.69) is 27.3 Å². The van der Waals surface area contributed by atoms with E-state index in [1.54, 1.807) is 6.92 Å². The number of carbonyl (C=O) groups is 1. The number of sulfonamides is 1. The number of hydrogen-bond acceptors (Lipinski definition) is 5. The molecule has 0 aliphatic heterocycles. The molecule has 152 valence electrons. The molecule has 2 aromatic rings. The molecule has 1 aliphatic rings. The highest BCUT2D eigenvalue weighted by atomic mass is 32.2. The summed E-state index contributed by atoms with van der Waals surface area (Å²) in [7, 11) is -3.90. The Labute approximate surface area is 165 Å². The molecule has 0 fully saturated rings. The van der Waals surface area contributed by atoms with Gasteiger partial charge in [0, 0.05) is 0 Å². The first-order valence-electron chi connectivity index (χ1n) is 9.56. The van der Waals surface area contributed by atoms with Crippen LogP contribution in [0.3, 0.4) is 0 Å². The van der Waals surface area contributed by atoms with Crippen LogP contribution in [0.4, 0.5) is 0 Å². The van der Waals surface area contributed by atoms with E-state index < -0.39 is 16.1 Å². The lowest BCUT2D eigenvalue weighted by atomic mass is 9.89. The second kappa shape index (κ2) is 8.05. The minimum Gasteiger partial charge on any atom is -0.360 e. The lowest BCUT2D eigenvalue weighted by Crippen LogP contribution is -2.45. The van der Waals surface area contributed by atoms with Gasteiger partial charge >= 0.3 is 0 Å². The smallest absolute Gasteiger partial charge is 0.246 e. The van der Waals surface area contributed by atoms with Crippen LogP contribution in [0.5, 0.6) is 0 Å². The molecule has 0 bridgehead atoms. The van der Waals surface area contributed by atoms with Crippen LogP contribution >= 0.6 is 0 Å². The zero-order valence-electron chi connectivity index (χ0n) is 16.7. The standard InChI is InChI=1S/C20H27N3O4S/c1-12(17-10-9-16-7-5-6-8-18(16)11-17)21-20(24)14(3)23-28(25,26)19-13(2)22-27-15(19)4/h9-12,14,23H,5-8H2,1-4H3,(H,21,24)/t12-,14+/m0/s1. The molecule has 0 saturated heterocycles. The molecule has 8 heteroatoms. The Morgan fingerprint density at radius 2 is 1.82 bits per heavy atom. The van der Waals surface area contributed by atoms with Gasteiger partial charge in [0.25, 0.3) is 0 Å². The molecule has 1 heterocycles. The number of hydrogen-bond donors (Lipinski definition) is 2. The number of benzene rings is 1. The highest BCUT2D eigenvalue weighted by Crippen LogP contribution is 2.25. The summed E-state index contributed by atoms with van der Waals surface area (Å²) < 4.78 is 32.5. The third-order valence-corrected chi connectivity index (χ3v) is 6.98. The molecule has 2 atom stereocenters. The summed E-state index contributed by atoms with van der Waals surface area (Å²) in [6.07, 6.45) is 4.59. The van der Waals surface area contributed by atoms with E-state index in [9.17, 15) is 13.2 Å². The number of nitrogens with zero attached hydrogens (tertiary/aromatic N) is 1. The van der Waals surface area contributed by atoms with Crippen molar-refractivity contribution in [2.24, 2.45) is 0 Å². The molecule has 0 unspecified atom stereocenters. The van der Waals surface area contributed by atoms with Gasteiger partial charge in [-0.15, -0.1) is 0 Å². The maximum Gasteiger partial charge on any atom is 0.246 e. The van der Waals surface area contributed by atoms with Crippen molar-refractivity contribution in [3.8, 4) is 0 Å². The van der Waals surface area contributed by atoms with Crippen molar-refractivity contribution >= 4 is 15.9 Å². The normalized spacial score (nSPS) is 16.3. The van der Waals surface area contributed by atoms with Crippen molar-refractivity contribution in [3.63, 3.8) is 0 Å². The average molecular weight is 406 g/mol. The van der Waals surface area contributed by atoms with Gasteiger partial charge in [0.05, 0.1) is 12.1 Å². The van der Waals surface area contributed by atoms with E-state index >= 15 is 0 Å². The lowest BCUT2D eigenvalue weighted by Gasteiger charge is -2.21. The molecule has 1 aliphatic carbocycles. The Kier molecular flexibility index (Phi) is 5.90. The fourth-order valence-corrected chi connectivity index (χ4v) is 5.18. The second-order valence-corrected chi connectivity index (χ2v) is 9.11. The first-order valence-corrected chi connectivity index (χ1v) is 11.0. The molecular weight excluding hydrogens is 378 g/mol. The molecule has 3 rings (SSSR count). The van der Waals surface area contributed by atoms with Crippen molar-refractivity contribution in [2.45, 2.75) is 70.4 Å². The minimum atomic E-state index is -3.90. The number of carbonyl (C=O) groups excluding carboxylic acids is 1. The van der Waals surface area contributed by atoms with Crippen LogP contribution in [0.15, 0.2) is 27.6 Å². The molecule has 0 saturated carbocycles. The third-order valence-electron chi connectivity index (χ3n) is 5.19. The van der Waals surface area contributed by atoms with Gasteiger partial charge in [-0.05, 0) is 70.1 Å². The molecule has 0 spiro atoms. The maximum absolute atomic E-state index is 12.6. The van der Waals surface area contributed by atoms with Gasteiger partial charge in [-0.1, -0.05) is 23.4 Å². The van der Waals surface area contributed by atoms with Crippen LogP contribution in [0.2, 0.25) is 0 Å². The van der Waals surface area contributed by atoms with Crippen LogP contribution in [0, 0.1) is 13.8 Å². The van der Waals surface area contributed by atoms with E-state index in [-0.39, 0.29) is 28.3 Å². The van der Waals surface area contributed by atoms with Crippen molar-refractivity contribution in [2.75, 3.05) is 0 Å². The van der Waals surface area contributed by atoms with E-state index in [1.165, 1.54) is 37.8 Å². The van der Waals surface area contributed by atoms with Gasteiger partial charge < -0.3 is 9.84 Å². The van der Waals surface area contributed by atoms with Crippen LogP contribution < -0.4 is 10.0 Å². The first kappa shape index (κ1) is 20.5. The maximum atomic E-state index is 12.6. The molecule has 28 heavy (non-hydrogen) atoms. The van der Waals surface area contributed by atoms with Crippen molar-refractivity contribution < 1.29 is 17.7 Å². The van der Waals surface area contributed by atoms with Crippen LogP contribution in [0.25, 0.3) is 0 Å². The topological polar surface area (TPSA) is 101 Å². The van der Waals surface area contributed by atoms with Crippen molar-refractivity contribution in [3.05, 3.63) is 46.3 Å². The summed E-state index contributed by atoms with van der Waals surface area (Å²) in [4.78, 5) is 12.5. The lowest BCUT2D eigenvalue weighted by molar-refractivity contribution is -0.123. The highest BCUT2D eigenvalue weighted by molar-refractivity contribution is 7.89. The van der Waals surface area contributed by atoms with E-state index in [4.69, 9.17) is 4.52 Å². The zero-order valence-corrected chi connectivity index (χ0v) is 17.5. The quantitative estimate of drug-likeness (QED) is 0.769. The summed E-state index contributed by atoms with van der Waals surface area (Å²) in [5.41, 5.74) is 4.01. The molecular formula is C20H27N3O4S. The minimum absolute atomic E-state index is 0.0186. The van der Waals surface area contributed by atoms with Crippen LogP contribution in [-0.4, -0.2) is 25.5 Å². The monoisotopic (exact) mass is 405 g/mol. The average Bonchev–Trinajstić information content (AvgIpc) is 3.00. The van der Waals surface area contributed by atoms with Crippen molar-refractivity contribution in [1.82, 2.24) is 15.2 Å². The molecule has 2 N–H and O–H groups in total. The Hall–Kier alpha value is -2.19. The van der Waals surface area contributed by atoms with Crippen LogP contribution in [0.1, 0.15) is 60.9 Å². The second-order valence-electron chi connectivity index (χ2n) is 7.46. The number of rotatable bonds is 6. The number of nitrogens with one attached hydrogen (secondary N) is 2. The Balaban J connectivity index is 1.67. The van der Waals surface area contributed by atoms with Gasteiger partial charge in [0.1, 0.15) is 10.6 Å². The fourth-order valence-electron chi connectivity index (χ4n) is 3.65. The van der Waals surface area contributed by atoms with E-state index in [1.807, 2.05) is 13.0 Å². The molecule has 0 radical (unpaired) electrons. The zero-order chi connectivity index (χ0) is 20.5. The summed E-state index contributed by atoms with van der Waals surface area (Å²) in [6.45, 7) is 6.49. The van der Waals surface area contributed by atoms with Gasteiger partial charge in [-0.2, -0.15) is 4.72 Å². The van der Waals surface area contributed by atoms with Gasteiger partial charge in [-0.3, -0.25) is 4.79 Å². The van der Waals surface area contributed by atoms with Gasteiger partial charge in [0.15, 0.2) is 5.76 Å². The molecule has 1 aromatic carbocycles. The van der Waals surface area contributed by atoms with Gasteiger partial charge in [0.2, 0.25) is 15.9 Å². The highest BCUT2D eigenvalue weighted by Gasteiger charge is 2.28. The summed E-state index contributed by atoms with van der Waals surface area (Å²) in [5, 5.41) is 6.56. The number of fused-ring (bicyclic) bond motifs is 1. The fraction of sp³-hybridized carbons (Fsp3) is 0.500. The summed E-state index contributed by atoms with van der Waals surface area (Å²) >= 11 is 0. The Morgan fingerprint density at radius 3 is 2.46 bits per heavy atom. The number of amides is 1. The van der Waals surface area contributed by atoms with Crippen LogP contribution in [-0.2, 0) is 27.7 Å². The largest absolute Gasteiger partial charge is 0.360 e. The predicted octanol–water partition coefficient (Wildman–Crippen LogP) is 2.71. The van der Waals surface area contributed by atoms with Crippen molar-refractivity contribution in [1.29, 1.82) is 0 Å². The molecule has 1 aromatic heterocycles. The molecule has 1 amide bonds. The van der Waals surface area contributed by atoms with E-state index in [0.717, 1.165) is 18.4 Å². The SMILES string of the molecule is Cc1noc(C)c1S(=O)(=O)N[C@H](C)C(=O)N[C@@H](C)c1ccc2c(c1)CCCC2. The Bertz CT molecular complexity index is 962. The Morgan fingerprint density at radius 1 is 1.14 bits per heavy atom. The predicted molar refractivity (Wildman–Crippen MR) is 105 cm³/mol. The number of aryl methyl sites for hydroxylation is 4. The van der Waals surface area contributed by atoms with Gasteiger partial charge in [-0.25, -0.2) is 8.42 Å². The summed E-state index contributed by atoms with van der Waals surface area (Å²) in [5.74, 6) is -0.194. The molecule has 7 nitrogen and oxygen atoms in total. The first-order chi connectivity index (χ1) is 13.2.